The van der Waals surface area contributed by atoms with E-state index in [1.165, 1.54) is 18.5 Å². The number of sulfonamides is 1. The molecule has 2 aliphatic rings. The van der Waals surface area contributed by atoms with Gasteiger partial charge < -0.3 is 0 Å². The molecule has 2 aromatic carbocycles. The number of aromatic nitrogens is 4. The van der Waals surface area contributed by atoms with Gasteiger partial charge in [0.1, 0.15) is 12.1 Å². The highest BCUT2D eigenvalue weighted by atomic mass is 32.2. The van der Waals surface area contributed by atoms with Gasteiger partial charge in [-0.1, -0.05) is 17.7 Å². The van der Waals surface area contributed by atoms with Crippen molar-refractivity contribution in [2.24, 2.45) is 0 Å². The Kier molecular flexibility index (Phi) is 5.35. The number of rotatable bonds is 4. The van der Waals surface area contributed by atoms with Crippen LogP contribution < -0.4 is 0 Å². The van der Waals surface area contributed by atoms with Crippen molar-refractivity contribution >= 4 is 16.1 Å². The topological polar surface area (TPSA) is 81.0 Å². The molecule has 0 spiro atoms. The number of halogens is 1. The molecule has 1 atom stereocenters. The number of hydrogen-bond donors (Lipinski definition) is 0. The van der Waals surface area contributed by atoms with Crippen molar-refractivity contribution in [3.63, 3.8) is 0 Å². The number of piperidine rings is 1. The van der Waals surface area contributed by atoms with Crippen LogP contribution in [-0.4, -0.2) is 45.6 Å². The van der Waals surface area contributed by atoms with Gasteiger partial charge in [0.05, 0.1) is 33.6 Å². The minimum atomic E-state index is -3.69. The van der Waals surface area contributed by atoms with E-state index in [1.807, 2.05) is 29.9 Å². The molecular formula is C27H24FN5O2S. The van der Waals surface area contributed by atoms with E-state index in [9.17, 15) is 12.8 Å². The molecule has 1 aliphatic carbocycles. The predicted octanol–water partition coefficient (Wildman–Crippen LogP) is 4.08. The van der Waals surface area contributed by atoms with E-state index in [1.54, 1.807) is 40.8 Å². The van der Waals surface area contributed by atoms with Crippen LogP contribution in [0, 0.1) is 12.7 Å². The van der Waals surface area contributed by atoms with Crippen LogP contribution in [0.4, 0.5) is 4.39 Å². The first kappa shape index (κ1) is 22.8. The lowest BCUT2D eigenvalue weighted by Crippen LogP contribution is -2.52. The summed E-state index contributed by atoms with van der Waals surface area (Å²) >= 11 is 0. The summed E-state index contributed by atoms with van der Waals surface area (Å²) in [7, 11) is -3.69. The molecule has 4 aromatic rings. The molecule has 3 heterocycles. The molecule has 0 amide bonds. The van der Waals surface area contributed by atoms with Gasteiger partial charge in [-0.05, 0) is 79.4 Å². The minimum Gasteiger partial charge on any atom is -0.245 e. The molecule has 1 aliphatic heterocycles. The van der Waals surface area contributed by atoms with Gasteiger partial charge >= 0.3 is 0 Å². The molecule has 0 radical (unpaired) electrons. The minimum absolute atomic E-state index is 0.271. The fourth-order valence-electron chi connectivity index (χ4n) is 5.35. The molecule has 0 bridgehead atoms. The molecule has 36 heavy (non-hydrogen) atoms. The van der Waals surface area contributed by atoms with E-state index >= 15 is 0 Å². The highest BCUT2D eigenvalue weighted by molar-refractivity contribution is 7.89. The summed E-state index contributed by atoms with van der Waals surface area (Å²) in [5.74, 6) is -0.303. The summed E-state index contributed by atoms with van der Waals surface area (Å²) in [6.45, 7) is 2.53. The molecule has 182 valence electrons. The second-order valence-corrected chi connectivity index (χ2v) is 11.3. The van der Waals surface area contributed by atoms with Crippen molar-refractivity contribution in [1.82, 2.24) is 24.1 Å². The number of benzene rings is 2. The van der Waals surface area contributed by atoms with Gasteiger partial charge in [-0.25, -0.2) is 27.5 Å². The molecule has 2 aromatic heterocycles. The number of aryl methyl sites for hydroxylation is 1. The zero-order valence-corrected chi connectivity index (χ0v) is 20.5. The zero-order valence-electron chi connectivity index (χ0n) is 19.7. The van der Waals surface area contributed by atoms with E-state index in [0.29, 0.717) is 24.3 Å². The third-order valence-corrected chi connectivity index (χ3v) is 8.99. The lowest BCUT2D eigenvalue weighted by Gasteiger charge is -2.45. The molecule has 9 heteroatoms. The van der Waals surface area contributed by atoms with Crippen LogP contribution >= 0.6 is 0 Å². The van der Waals surface area contributed by atoms with Gasteiger partial charge in [0.2, 0.25) is 10.0 Å². The van der Waals surface area contributed by atoms with Gasteiger partial charge in [-0.2, -0.15) is 9.40 Å². The van der Waals surface area contributed by atoms with E-state index in [4.69, 9.17) is 0 Å². The van der Waals surface area contributed by atoms with Crippen LogP contribution in [0.25, 0.3) is 11.8 Å². The van der Waals surface area contributed by atoms with Gasteiger partial charge in [0.25, 0.3) is 0 Å². The molecule has 0 N–H and O–H groups in total. The van der Waals surface area contributed by atoms with E-state index in [2.05, 4.69) is 21.1 Å². The van der Waals surface area contributed by atoms with Crippen LogP contribution in [0.1, 0.15) is 28.9 Å². The zero-order chi connectivity index (χ0) is 24.9. The van der Waals surface area contributed by atoms with Crippen molar-refractivity contribution < 1.29 is 12.8 Å². The van der Waals surface area contributed by atoms with Crippen molar-refractivity contribution in [2.75, 3.05) is 13.1 Å². The Balaban J connectivity index is 1.45. The van der Waals surface area contributed by atoms with Gasteiger partial charge in [0, 0.05) is 19.3 Å². The van der Waals surface area contributed by atoms with E-state index in [0.717, 1.165) is 33.8 Å². The smallest absolute Gasteiger partial charge is 0.243 e. The third kappa shape index (κ3) is 3.66. The highest BCUT2D eigenvalue weighted by Crippen LogP contribution is 2.46. The fourth-order valence-corrected chi connectivity index (χ4v) is 6.95. The van der Waals surface area contributed by atoms with Crippen LogP contribution in [-0.2, 0) is 21.9 Å². The fraction of sp³-hybridized carbons (Fsp3) is 0.222. The highest BCUT2D eigenvalue weighted by Gasteiger charge is 2.48. The Bertz CT molecular complexity index is 1580. The standard InChI is InChI=1S/C27H24FN5O2S/c1-19-3-2-4-24(13-19)36(34,35)32-12-10-21-14-25-20(15-27(21,17-32)26-9-11-29-18-30-26)16-31-33(25)23-7-5-22(28)6-8-23/h2-9,11,13-14,16,18H,10,12,15,17H2,1H3/t27-/m0/s1. The summed E-state index contributed by atoms with van der Waals surface area (Å²) in [4.78, 5) is 8.97. The summed E-state index contributed by atoms with van der Waals surface area (Å²) in [5, 5.41) is 4.59. The molecular weight excluding hydrogens is 477 g/mol. The van der Waals surface area contributed by atoms with Crippen molar-refractivity contribution in [1.29, 1.82) is 0 Å². The summed E-state index contributed by atoms with van der Waals surface area (Å²) in [6, 6.07) is 15.1. The van der Waals surface area contributed by atoms with Gasteiger partial charge in [-0.15, -0.1) is 0 Å². The average molecular weight is 502 g/mol. The SMILES string of the molecule is Cc1cccc(S(=O)(=O)N2CCC3=Cc4c(cnn4-c4ccc(F)cc4)C[C@]3(c3ccncn3)C2)c1. The van der Waals surface area contributed by atoms with E-state index in [-0.39, 0.29) is 12.4 Å². The quantitative estimate of drug-likeness (QED) is 0.421. The normalized spacial score (nSPS) is 19.9. The number of fused-ring (bicyclic) bond motifs is 2. The van der Waals surface area contributed by atoms with Crippen LogP contribution in [0.5, 0.6) is 0 Å². The molecule has 1 saturated heterocycles. The largest absolute Gasteiger partial charge is 0.245 e. The third-order valence-electron chi connectivity index (χ3n) is 7.15. The Morgan fingerprint density at radius 3 is 2.67 bits per heavy atom. The Morgan fingerprint density at radius 2 is 1.92 bits per heavy atom. The lowest BCUT2D eigenvalue weighted by molar-refractivity contribution is 0.278. The monoisotopic (exact) mass is 501 g/mol. The number of hydrogen-bond acceptors (Lipinski definition) is 5. The first-order chi connectivity index (χ1) is 17.4. The molecule has 1 fully saturated rings. The molecule has 0 unspecified atom stereocenters. The maximum Gasteiger partial charge on any atom is 0.243 e. The second-order valence-electron chi connectivity index (χ2n) is 9.37. The van der Waals surface area contributed by atoms with E-state index < -0.39 is 15.4 Å². The van der Waals surface area contributed by atoms with Crippen molar-refractivity contribution in [2.45, 2.75) is 30.1 Å². The van der Waals surface area contributed by atoms with Crippen LogP contribution in [0.2, 0.25) is 0 Å². The van der Waals surface area contributed by atoms with Crippen molar-refractivity contribution in [3.05, 3.63) is 107 Å². The van der Waals surface area contributed by atoms with Gasteiger partial charge in [0.15, 0.2) is 0 Å². The average Bonchev–Trinajstić information content (AvgIpc) is 3.30. The van der Waals surface area contributed by atoms with Gasteiger partial charge in [-0.3, -0.25) is 0 Å². The summed E-state index contributed by atoms with van der Waals surface area (Å²) in [6.07, 6.45) is 8.22. The maximum absolute atomic E-state index is 13.7. The summed E-state index contributed by atoms with van der Waals surface area (Å²) in [5.41, 5.74) is 4.83. The molecule has 6 rings (SSSR count). The predicted molar refractivity (Wildman–Crippen MR) is 133 cm³/mol. The Morgan fingerprint density at radius 1 is 1.08 bits per heavy atom. The summed E-state index contributed by atoms with van der Waals surface area (Å²) < 4.78 is 44.2. The van der Waals surface area contributed by atoms with Crippen molar-refractivity contribution in [3.8, 4) is 5.69 Å². The Labute approximate surface area is 209 Å². The molecule has 7 nitrogen and oxygen atoms in total. The maximum atomic E-state index is 13.7. The van der Waals surface area contributed by atoms with Crippen LogP contribution in [0.3, 0.4) is 0 Å². The lowest BCUT2D eigenvalue weighted by atomic mass is 9.67. The second kappa shape index (κ2) is 8.46. The number of nitrogens with zero attached hydrogens (tertiary/aromatic N) is 5. The Hall–Kier alpha value is -3.69. The molecule has 0 saturated carbocycles. The first-order valence-corrected chi connectivity index (χ1v) is 13.2. The van der Waals surface area contributed by atoms with Crippen LogP contribution in [0.15, 0.2) is 83.8 Å². The first-order valence-electron chi connectivity index (χ1n) is 11.7.